The molecule has 31 heavy (non-hydrogen) atoms. The molecule has 1 aliphatic heterocycles. The van der Waals surface area contributed by atoms with Crippen molar-refractivity contribution in [3.8, 4) is 5.88 Å². The third kappa shape index (κ3) is 4.99. The molecule has 6 nitrogen and oxygen atoms in total. The number of anilines is 1. The lowest BCUT2D eigenvalue weighted by Crippen LogP contribution is -2.37. The molecular formula is C23H31N4O2S2+. The molecule has 2 heterocycles. The van der Waals surface area contributed by atoms with E-state index in [2.05, 4.69) is 43.9 Å². The van der Waals surface area contributed by atoms with Gasteiger partial charge in [0, 0.05) is 37.0 Å². The summed E-state index contributed by atoms with van der Waals surface area (Å²) in [5.41, 5.74) is 4.38. The van der Waals surface area contributed by atoms with E-state index in [1.54, 1.807) is 22.4 Å². The summed E-state index contributed by atoms with van der Waals surface area (Å²) in [6, 6.07) is 8.28. The Labute approximate surface area is 193 Å². The highest BCUT2D eigenvalue weighted by Gasteiger charge is 2.25. The Hall–Kier alpha value is -2.25. The Morgan fingerprint density at radius 3 is 2.48 bits per heavy atom. The molecule has 1 N–H and O–H groups in total. The van der Waals surface area contributed by atoms with E-state index in [4.69, 9.17) is 12.2 Å². The number of aromatic hydroxyl groups is 1. The van der Waals surface area contributed by atoms with Crippen LogP contribution in [-0.2, 0) is 13.1 Å². The van der Waals surface area contributed by atoms with Crippen LogP contribution in [0.3, 0.4) is 0 Å². The molecule has 0 bridgehead atoms. The summed E-state index contributed by atoms with van der Waals surface area (Å²) in [5, 5.41) is 11.6. The van der Waals surface area contributed by atoms with Gasteiger partial charge in [0.25, 0.3) is 5.56 Å². The van der Waals surface area contributed by atoms with Gasteiger partial charge in [0.15, 0.2) is 4.77 Å². The van der Waals surface area contributed by atoms with Crippen molar-refractivity contribution < 1.29 is 9.59 Å². The smallest absolute Gasteiger partial charge is 0.266 e. The van der Waals surface area contributed by atoms with Crippen LogP contribution in [0.4, 0.5) is 5.69 Å². The number of rotatable bonds is 7. The lowest BCUT2D eigenvalue weighted by atomic mass is 10.2. The number of para-hydroxylation sites is 1. The number of nitrogens with zero attached hydrogens (tertiary/aromatic N) is 4. The van der Waals surface area contributed by atoms with Crippen molar-refractivity contribution in [2.24, 2.45) is 0 Å². The van der Waals surface area contributed by atoms with E-state index in [0.717, 1.165) is 34.7 Å². The molecule has 3 rings (SSSR count). The lowest BCUT2D eigenvalue weighted by molar-refractivity contribution is -0.870. The highest BCUT2D eigenvalue weighted by atomic mass is 32.2. The van der Waals surface area contributed by atoms with Crippen LogP contribution in [0.25, 0.3) is 6.08 Å². The fourth-order valence-electron chi connectivity index (χ4n) is 3.60. The topological polar surface area (TPSA) is 50.4 Å². The number of aromatic nitrogens is 2. The van der Waals surface area contributed by atoms with Crippen molar-refractivity contribution >= 4 is 35.7 Å². The monoisotopic (exact) mass is 459 g/mol. The predicted molar refractivity (Wildman–Crippen MR) is 131 cm³/mol. The van der Waals surface area contributed by atoms with Crippen LogP contribution >= 0.6 is 24.0 Å². The van der Waals surface area contributed by atoms with E-state index in [1.807, 2.05) is 26.0 Å². The van der Waals surface area contributed by atoms with Gasteiger partial charge in [0.05, 0.1) is 33.4 Å². The van der Waals surface area contributed by atoms with Gasteiger partial charge in [-0.2, -0.15) is 0 Å². The zero-order valence-electron chi connectivity index (χ0n) is 18.9. The van der Waals surface area contributed by atoms with Gasteiger partial charge in [-0.25, -0.2) is 0 Å². The second-order valence-electron chi connectivity index (χ2n) is 8.50. The van der Waals surface area contributed by atoms with Crippen LogP contribution in [0.15, 0.2) is 44.7 Å². The van der Waals surface area contributed by atoms with Crippen molar-refractivity contribution in [2.75, 3.05) is 39.1 Å². The Morgan fingerprint density at radius 2 is 1.84 bits per heavy atom. The summed E-state index contributed by atoms with van der Waals surface area (Å²) in [6.07, 6.45) is 2.63. The minimum absolute atomic E-state index is 0.104. The minimum Gasteiger partial charge on any atom is -0.494 e. The highest BCUT2D eigenvalue weighted by Crippen LogP contribution is 2.45. The first-order valence-corrected chi connectivity index (χ1v) is 11.8. The number of benzene rings is 1. The number of fused-ring (bicyclic) bond motifs is 1. The first kappa shape index (κ1) is 23.4. The van der Waals surface area contributed by atoms with Crippen LogP contribution in [-0.4, -0.2) is 53.0 Å². The van der Waals surface area contributed by atoms with E-state index in [-0.39, 0.29) is 17.0 Å². The van der Waals surface area contributed by atoms with Crippen molar-refractivity contribution in [1.29, 1.82) is 0 Å². The first-order chi connectivity index (χ1) is 14.7. The number of hydrogen-bond acceptors (Lipinski definition) is 5. The summed E-state index contributed by atoms with van der Waals surface area (Å²) in [7, 11) is 6.57. The van der Waals surface area contributed by atoms with E-state index < -0.39 is 0 Å². The second-order valence-corrected chi connectivity index (χ2v) is 9.89. The maximum atomic E-state index is 12.9. The highest BCUT2D eigenvalue weighted by molar-refractivity contribution is 8.03. The Morgan fingerprint density at radius 1 is 1.16 bits per heavy atom. The maximum absolute atomic E-state index is 12.9. The van der Waals surface area contributed by atoms with E-state index in [1.165, 1.54) is 9.46 Å². The van der Waals surface area contributed by atoms with Crippen LogP contribution in [0.1, 0.15) is 25.8 Å². The lowest BCUT2D eigenvalue weighted by Gasteiger charge is -2.26. The Kier molecular flexibility index (Phi) is 7.17. The van der Waals surface area contributed by atoms with Crippen LogP contribution in [0.2, 0.25) is 0 Å². The molecule has 0 unspecified atom stereocenters. The largest absolute Gasteiger partial charge is 0.494 e. The standard InChI is InChI=1S/C23H30N4O2S2/c1-6-24-21(28)17(22(29)25(7-2)23(24)30)13-14-20-26(15-10-16-27(3,4)5)18-11-8-9-12-19(18)31-20/h8-9,11-13H,6-7,10,15-16H2,1-5H3/p+1. The average Bonchev–Trinajstić information content (AvgIpc) is 3.05. The van der Waals surface area contributed by atoms with Crippen LogP contribution < -0.4 is 10.5 Å². The van der Waals surface area contributed by atoms with E-state index in [0.29, 0.717) is 17.9 Å². The number of hydrogen-bond donors (Lipinski definition) is 1. The summed E-state index contributed by atoms with van der Waals surface area (Å²) in [5.74, 6) is -0.104. The van der Waals surface area contributed by atoms with Gasteiger partial charge < -0.3 is 14.5 Å². The zero-order chi connectivity index (χ0) is 22.8. The van der Waals surface area contributed by atoms with Gasteiger partial charge in [0.2, 0.25) is 5.88 Å². The molecule has 2 aromatic rings. The van der Waals surface area contributed by atoms with Crippen molar-refractivity contribution in [2.45, 2.75) is 38.3 Å². The van der Waals surface area contributed by atoms with E-state index >= 15 is 0 Å². The summed E-state index contributed by atoms with van der Waals surface area (Å²) in [4.78, 5) is 16.3. The minimum atomic E-state index is -0.292. The normalized spacial score (nSPS) is 13.3. The van der Waals surface area contributed by atoms with Gasteiger partial charge in [-0.05, 0) is 38.2 Å². The quantitative estimate of drug-likeness (QED) is 0.380. The maximum Gasteiger partial charge on any atom is 0.266 e. The van der Waals surface area contributed by atoms with Gasteiger partial charge in [-0.1, -0.05) is 29.6 Å². The molecule has 8 heteroatoms. The van der Waals surface area contributed by atoms with Gasteiger partial charge in [-0.15, -0.1) is 0 Å². The van der Waals surface area contributed by atoms with Gasteiger partial charge in [0.1, 0.15) is 10.6 Å². The first-order valence-electron chi connectivity index (χ1n) is 10.6. The van der Waals surface area contributed by atoms with Crippen LogP contribution in [0.5, 0.6) is 5.88 Å². The summed E-state index contributed by atoms with van der Waals surface area (Å²) < 4.78 is 4.33. The van der Waals surface area contributed by atoms with Crippen molar-refractivity contribution in [3.63, 3.8) is 0 Å². The molecule has 0 amide bonds. The molecule has 0 fully saturated rings. The molecule has 1 aliphatic rings. The number of quaternary nitrogens is 1. The number of thioether (sulfide) groups is 1. The Balaban J connectivity index is 2.05. The Bertz CT molecular complexity index is 1150. The summed E-state index contributed by atoms with van der Waals surface area (Å²) in [6.45, 7) is 6.62. The average molecular weight is 460 g/mol. The molecule has 0 spiro atoms. The predicted octanol–water partition coefficient (Wildman–Crippen LogP) is 4.29. The molecule has 1 aromatic carbocycles. The van der Waals surface area contributed by atoms with Gasteiger partial charge in [-0.3, -0.25) is 13.9 Å². The molecule has 166 valence electrons. The molecule has 0 atom stereocenters. The zero-order valence-corrected chi connectivity index (χ0v) is 20.5. The third-order valence-electron chi connectivity index (χ3n) is 5.22. The fourth-order valence-corrected chi connectivity index (χ4v) is 5.08. The molecule has 0 aliphatic carbocycles. The van der Waals surface area contributed by atoms with Crippen molar-refractivity contribution in [3.05, 3.63) is 55.7 Å². The summed E-state index contributed by atoms with van der Waals surface area (Å²) >= 11 is 7.01. The molecule has 0 saturated carbocycles. The third-order valence-corrected chi connectivity index (χ3v) is 6.76. The van der Waals surface area contributed by atoms with Gasteiger partial charge >= 0.3 is 0 Å². The molecule has 0 saturated heterocycles. The second kappa shape index (κ2) is 9.49. The fraction of sp³-hybridized carbons (Fsp3) is 0.435. The van der Waals surface area contributed by atoms with Crippen LogP contribution in [0, 0.1) is 4.77 Å². The molecule has 0 radical (unpaired) electrons. The van der Waals surface area contributed by atoms with Crippen molar-refractivity contribution in [1.82, 2.24) is 9.13 Å². The molecular weight excluding hydrogens is 428 g/mol. The molecule has 1 aromatic heterocycles. The van der Waals surface area contributed by atoms with E-state index in [9.17, 15) is 9.90 Å². The SMILES string of the molecule is CCn1c(O)c(C=C=C2Sc3ccccc3N2CCC[N+](C)(C)C)c(=O)n(CC)c1=S.